The number of nitrogens with zero attached hydrogens (tertiary/aromatic N) is 2. The van der Waals surface area contributed by atoms with Crippen LogP contribution in [0, 0.1) is 0 Å². The molecular weight excluding hydrogens is 188 g/mol. The van der Waals surface area contributed by atoms with E-state index in [2.05, 4.69) is 27.5 Å². The molecule has 0 amide bonds. The normalized spacial score (nSPS) is 22.9. The molecule has 15 heavy (non-hydrogen) atoms. The van der Waals surface area contributed by atoms with E-state index in [-0.39, 0.29) is 6.04 Å². The van der Waals surface area contributed by atoms with E-state index in [1.807, 2.05) is 6.20 Å². The van der Waals surface area contributed by atoms with Crippen LogP contribution in [-0.2, 0) is 0 Å². The molecule has 1 aromatic rings. The second kappa shape index (κ2) is 5.19. The van der Waals surface area contributed by atoms with Crippen molar-refractivity contribution >= 4 is 0 Å². The predicted molar refractivity (Wildman–Crippen MR) is 59.5 cm³/mol. The monoisotopic (exact) mass is 206 g/mol. The van der Waals surface area contributed by atoms with Crippen LogP contribution >= 0.6 is 0 Å². The fourth-order valence-corrected chi connectivity index (χ4v) is 1.89. The summed E-state index contributed by atoms with van der Waals surface area (Å²) in [6, 6.07) is 0.908. The summed E-state index contributed by atoms with van der Waals surface area (Å²) in [5, 5.41) is 6.94. The van der Waals surface area contributed by atoms with Gasteiger partial charge in [-0.3, -0.25) is 9.97 Å². The molecule has 0 saturated carbocycles. The lowest BCUT2D eigenvalue weighted by atomic mass is 10.2. The van der Waals surface area contributed by atoms with Crippen molar-refractivity contribution in [2.45, 2.75) is 31.8 Å². The zero-order valence-corrected chi connectivity index (χ0v) is 9.11. The smallest absolute Gasteiger partial charge is 0.0753 e. The van der Waals surface area contributed by atoms with Crippen LogP contribution in [0.2, 0.25) is 0 Å². The van der Waals surface area contributed by atoms with Gasteiger partial charge in [-0.25, -0.2) is 0 Å². The van der Waals surface area contributed by atoms with E-state index in [9.17, 15) is 0 Å². The van der Waals surface area contributed by atoms with Crippen molar-refractivity contribution in [1.82, 2.24) is 20.6 Å². The van der Waals surface area contributed by atoms with Gasteiger partial charge in [0.2, 0.25) is 0 Å². The largest absolute Gasteiger partial charge is 0.313 e. The molecule has 0 spiro atoms. The van der Waals surface area contributed by atoms with E-state index in [0.717, 1.165) is 18.8 Å². The van der Waals surface area contributed by atoms with Gasteiger partial charge >= 0.3 is 0 Å². The van der Waals surface area contributed by atoms with Gasteiger partial charge in [-0.05, 0) is 26.3 Å². The first kappa shape index (κ1) is 10.5. The molecule has 4 heteroatoms. The Bertz CT molecular complexity index is 282. The highest BCUT2D eigenvalue weighted by atomic mass is 15.0. The van der Waals surface area contributed by atoms with Gasteiger partial charge in [0.25, 0.3) is 0 Å². The van der Waals surface area contributed by atoms with Crippen LogP contribution in [0.1, 0.15) is 31.5 Å². The van der Waals surface area contributed by atoms with Gasteiger partial charge in [0.05, 0.1) is 5.69 Å². The van der Waals surface area contributed by atoms with Crippen LogP contribution in [-0.4, -0.2) is 29.1 Å². The highest BCUT2D eigenvalue weighted by molar-refractivity contribution is 5.00. The summed E-state index contributed by atoms with van der Waals surface area (Å²) < 4.78 is 0. The average molecular weight is 206 g/mol. The summed E-state index contributed by atoms with van der Waals surface area (Å²) in [5.74, 6) is 0. The van der Waals surface area contributed by atoms with Crippen molar-refractivity contribution in [1.29, 1.82) is 0 Å². The minimum Gasteiger partial charge on any atom is -0.313 e. The number of hydrogen-bond acceptors (Lipinski definition) is 4. The molecule has 0 bridgehead atoms. The summed E-state index contributed by atoms with van der Waals surface area (Å²) in [7, 11) is 0. The predicted octanol–water partition coefficient (Wildman–Crippen LogP) is 0.879. The molecule has 4 nitrogen and oxygen atoms in total. The summed E-state index contributed by atoms with van der Waals surface area (Å²) in [4.78, 5) is 8.35. The zero-order valence-electron chi connectivity index (χ0n) is 9.11. The van der Waals surface area contributed by atoms with Gasteiger partial charge in [-0.2, -0.15) is 0 Å². The van der Waals surface area contributed by atoms with Gasteiger partial charge < -0.3 is 10.6 Å². The van der Waals surface area contributed by atoms with Crippen LogP contribution in [0.15, 0.2) is 18.6 Å². The van der Waals surface area contributed by atoms with E-state index in [1.165, 1.54) is 12.8 Å². The minimum absolute atomic E-state index is 0.279. The molecule has 0 unspecified atom stereocenters. The maximum atomic E-state index is 4.28. The van der Waals surface area contributed by atoms with E-state index < -0.39 is 0 Å². The number of rotatable bonds is 4. The first-order chi connectivity index (χ1) is 7.36. The molecule has 2 heterocycles. The van der Waals surface area contributed by atoms with Crippen LogP contribution < -0.4 is 10.6 Å². The van der Waals surface area contributed by atoms with E-state index >= 15 is 0 Å². The molecule has 1 saturated heterocycles. The molecule has 1 aliphatic heterocycles. The first-order valence-corrected chi connectivity index (χ1v) is 5.59. The molecule has 82 valence electrons. The lowest BCUT2D eigenvalue weighted by Crippen LogP contribution is -2.35. The first-order valence-electron chi connectivity index (χ1n) is 5.59. The molecule has 0 aromatic carbocycles. The van der Waals surface area contributed by atoms with Crippen molar-refractivity contribution in [3.05, 3.63) is 24.3 Å². The molecule has 2 atom stereocenters. The van der Waals surface area contributed by atoms with E-state index in [0.29, 0.717) is 6.04 Å². The second-order valence-electron chi connectivity index (χ2n) is 4.05. The molecule has 1 fully saturated rings. The standard InChI is InChI=1S/C11H18N4/c1-9(11-8-12-5-6-14-11)15-7-10-3-2-4-13-10/h5-6,8-10,13,15H,2-4,7H2,1H3/t9-,10-/m1/s1. The maximum Gasteiger partial charge on any atom is 0.0753 e. The molecule has 0 aliphatic carbocycles. The van der Waals surface area contributed by atoms with Gasteiger partial charge in [0.15, 0.2) is 0 Å². The van der Waals surface area contributed by atoms with Gasteiger partial charge in [0, 0.05) is 37.2 Å². The maximum absolute atomic E-state index is 4.28. The van der Waals surface area contributed by atoms with Crippen molar-refractivity contribution in [2.24, 2.45) is 0 Å². The molecule has 1 aliphatic rings. The van der Waals surface area contributed by atoms with Crippen molar-refractivity contribution in [2.75, 3.05) is 13.1 Å². The number of hydrogen-bond donors (Lipinski definition) is 2. The number of nitrogens with one attached hydrogen (secondary N) is 2. The summed E-state index contributed by atoms with van der Waals surface area (Å²) in [6.45, 7) is 4.29. The topological polar surface area (TPSA) is 49.8 Å². The number of aromatic nitrogens is 2. The Morgan fingerprint density at radius 1 is 1.60 bits per heavy atom. The molecule has 1 aromatic heterocycles. The van der Waals surface area contributed by atoms with Crippen molar-refractivity contribution < 1.29 is 0 Å². The Balaban J connectivity index is 1.79. The fraction of sp³-hybridized carbons (Fsp3) is 0.636. The van der Waals surface area contributed by atoms with Gasteiger partial charge in [-0.1, -0.05) is 0 Å². The summed E-state index contributed by atoms with van der Waals surface area (Å²) >= 11 is 0. The zero-order chi connectivity index (χ0) is 10.5. The average Bonchev–Trinajstić information content (AvgIpc) is 2.80. The Hall–Kier alpha value is -1.00. The Labute approximate surface area is 90.5 Å². The third-order valence-electron chi connectivity index (χ3n) is 2.86. The molecular formula is C11H18N4. The summed E-state index contributed by atoms with van der Waals surface area (Å²) in [5.41, 5.74) is 1.01. The van der Waals surface area contributed by atoms with Crippen molar-refractivity contribution in [3.63, 3.8) is 0 Å². The molecule has 0 radical (unpaired) electrons. The Morgan fingerprint density at radius 2 is 2.53 bits per heavy atom. The van der Waals surface area contributed by atoms with Crippen molar-refractivity contribution in [3.8, 4) is 0 Å². The minimum atomic E-state index is 0.279. The fourth-order valence-electron chi connectivity index (χ4n) is 1.89. The van der Waals surface area contributed by atoms with Crippen LogP contribution in [0.5, 0.6) is 0 Å². The quantitative estimate of drug-likeness (QED) is 0.768. The van der Waals surface area contributed by atoms with Gasteiger partial charge in [-0.15, -0.1) is 0 Å². The Morgan fingerprint density at radius 3 is 3.20 bits per heavy atom. The second-order valence-corrected chi connectivity index (χ2v) is 4.05. The highest BCUT2D eigenvalue weighted by Gasteiger charge is 2.15. The van der Waals surface area contributed by atoms with Crippen LogP contribution in [0.25, 0.3) is 0 Å². The van der Waals surface area contributed by atoms with E-state index in [1.54, 1.807) is 12.4 Å². The third kappa shape index (κ3) is 2.97. The highest BCUT2D eigenvalue weighted by Crippen LogP contribution is 2.08. The van der Waals surface area contributed by atoms with Crippen LogP contribution in [0.4, 0.5) is 0 Å². The van der Waals surface area contributed by atoms with Crippen LogP contribution in [0.3, 0.4) is 0 Å². The SMILES string of the molecule is C[C@@H](NC[C@H]1CCCN1)c1cnccn1. The van der Waals surface area contributed by atoms with E-state index in [4.69, 9.17) is 0 Å². The lowest BCUT2D eigenvalue weighted by molar-refractivity contribution is 0.483. The molecule has 2 N–H and O–H groups in total. The summed E-state index contributed by atoms with van der Waals surface area (Å²) in [6.07, 6.45) is 7.84. The third-order valence-corrected chi connectivity index (χ3v) is 2.86. The molecule has 2 rings (SSSR count). The van der Waals surface area contributed by atoms with Gasteiger partial charge in [0.1, 0.15) is 0 Å². The lowest BCUT2D eigenvalue weighted by Gasteiger charge is -2.16. The Kier molecular flexibility index (Phi) is 3.64.